The van der Waals surface area contributed by atoms with Gasteiger partial charge in [-0.1, -0.05) is 18.7 Å². The molecule has 0 N–H and O–H groups in total. The number of aromatic nitrogens is 2. The second-order valence-corrected chi connectivity index (χ2v) is 6.74. The summed E-state index contributed by atoms with van der Waals surface area (Å²) in [5.41, 5.74) is 0.161. The number of carbonyl (C=O) groups is 1. The number of rotatable bonds is 7. The fourth-order valence-electron chi connectivity index (χ4n) is 1.76. The maximum Gasteiger partial charge on any atom is 0.306 e. The Morgan fingerprint density at radius 2 is 2.33 bits per heavy atom. The Labute approximate surface area is 116 Å². The third-order valence-electron chi connectivity index (χ3n) is 3.13. The highest BCUT2D eigenvalue weighted by atomic mass is 32.2. The van der Waals surface area contributed by atoms with Crippen molar-refractivity contribution in [3.63, 3.8) is 0 Å². The highest BCUT2D eigenvalue weighted by molar-refractivity contribution is 8.00. The van der Waals surface area contributed by atoms with Crippen LogP contribution >= 0.6 is 23.3 Å². The number of ether oxygens (including phenoxy) is 1. The Balaban J connectivity index is 1.81. The fraction of sp³-hybridized carbons (Fsp3) is 0.750. The van der Waals surface area contributed by atoms with Crippen LogP contribution in [0.1, 0.15) is 38.4 Å². The van der Waals surface area contributed by atoms with Gasteiger partial charge in [0.05, 0.1) is 13.5 Å². The summed E-state index contributed by atoms with van der Waals surface area (Å²) in [6.45, 7) is 2.13. The van der Waals surface area contributed by atoms with Gasteiger partial charge in [0.25, 0.3) is 0 Å². The van der Waals surface area contributed by atoms with Crippen LogP contribution in [0.5, 0.6) is 0 Å². The molecule has 1 saturated carbocycles. The first-order chi connectivity index (χ1) is 8.67. The number of hydrogen-bond donors (Lipinski definition) is 0. The predicted molar refractivity (Wildman–Crippen MR) is 72.9 cm³/mol. The van der Waals surface area contributed by atoms with Crippen molar-refractivity contribution in [2.24, 2.45) is 5.41 Å². The molecule has 0 spiro atoms. The first kappa shape index (κ1) is 13.8. The van der Waals surface area contributed by atoms with Gasteiger partial charge in [-0.25, -0.2) is 4.98 Å². The Bertz CT molecular complexity index is 416. The molecule has 0 aliphatic heterocycles. The van der Waals surface area contributed by atoms with Crippen molar-refractivity contribution in [2.75, 3.05) is 12.9 Å². The van der Waals surface area contributed by atoms with E-state index in [0.29, 0.717) is 6.42 Å². The van der Waals surface area contributed by atoms with Gasteiger partial charge in [0.2, 0.25) is 0 Å². The molecule has 100 valence electrons. The first-order valence-corrected chi connectivity index (χ1v) is 7.95. The Morgan fingerprint density at radius 3 is 2.94 bits per heavy atom. The lowest BCUT2D eigenvalue weighted by Crippen LogP contribution is -2.12. The van der Waals surface area contributed by atoms with Crippen molar-refractivity contribution < 1.29 is 9.53 Å². The number of aryl methyl sites for hydroxylation is 1. The van der Waals surface area contributed by atoms with Crippen LogP contribution in [0, 0.1) is 5.41 Å². The summed E-state index contributed by atoms with van der Waals surface area (Å²) in [6.07, 6.45) is 4.81. The van der Waals surface area contributed by atoms with Crippen molar-refractivity contribution in [1.29, 1.82) is 0 Å². The minimum atomic E-state index is -0.1000. The van der Waals surface area contributed by atoms with Gasteiger partial charge in [0, 0.05) is 12.2 Å². The van der Waals surface area contributed by atoms with Gasteiger partial charge in [0.1, 0.15) is 5.82 Å². The van der Waals surface area contributed by atoms with Crippen LogP contribution in [0.2, 0.25) is 0 Å². The quantitative estimate of drug-likeness (QED) is 0.570. The summed E-state index contributed by atoms with van der Waals surface area (Å²) in [6, 6.07) is 0. The topological polar surface area (TPSA) is 52.1 Å². The lowest BCUT2D eigenvalue weighted by Gasteiger charge is -2.11. The standard InChI is InChI=1S/C12H18N2O2S2/c1-3-4-9-13-11(18-14-9)17-8-12(5-6-12)7-10(15)16-2/h3-8H2,1-2H3. The predicted octanol–water partition coefficient (Wildman–Crippen LogP) is 2.93. The van der Waals surface area contributed by atoms with Gasteiger partial charge in [-0.05, 0) is 36.2 Å². The van der Waals surface area contributed by atoms with E-state index in [9.17, 15) is 4.79 Å². The van der Waals surface area contributed by atoms with E-state index in [-0.39, 0.29) is 11.4 Å². The Morgan fingerprint density at radius 1 is 1.56 bits per heavy atom. The number of methoxy groups -OCH3 is 1. The highest BCUT2D eigenvalue weighted by Gasteiger charge is 2.44. The van der Waals surface area contributed by atoms with Crippen LogP contribution < -0.4 is 0 Å². The third kappa shape index (κ3) is 3.68. The third-order valence-corrected chi connectivity index (χ3v) is 5.35. The summed E-state index contributed by atoms with van der Waals surface area (Å²) in [5, 5.41) is 0. The lowest BCUT2D eigenvalue weighted by molar-refractivity contribution is -0.141. The summed E-state index contributed by atoms with van der Waals surface area (Å²) < 4.78 is 10.1. The van der Waals surface area contributed by atoms with Gasteiger partial charge in [0.15, 0.2) is 4.34 Å². The SMILES string of the molecule is CCCc1nsc(SCC2(CC(=O)OC)CC2)n1. The van der Waals surface area contributed by atoms with Crippen molar-refractivity contribution in [2.45, 2.75) is 43.4 Å². The Hall–Kier alpha value is -0.620. The van der Waals surface area contributed by atoms with Crippen LogP contribution in [0.15, 0.2) is 4.34 Å². The normalized spacial score (nSPS) is 16.6. The summed E-state index contributed by atoms with van der Waals surface area (Å²) in [4.78, 5) is 15.8. The molecule has 0 saturated heterocycles. The molecular weight excluding hydrogens is 268 g/mol. The molecule has 1 aromatic rings. The molecule has 6 heteroatoms. The monoisotopic (exact) mass is 286 g/mol. The summed E-state index contributed by atoms with van der Waals surface area (Å²) in [5.74, 6) is 1.79. The summed E-state index contributed by atoms with van der Waals surface area (Å²) in [7, 11) is 1.45. The second-order valence-electron chi connectivity index (χ2n) is 4.77. The minimum Gasteiger partial charge on any atom is -0.469 e. The van der Waals surface area contributed by atoms with E-state index in [2.05, 4.69) is 16.3 Å². The first-order valence-electron chi connectivity index (χ1n) is 6.20. The molecule has 2 rings (SSSR count). The highest BCUT2D eigenvalue weighted by Crippen LogP contribution is 2.52. The number of nitrogens with zero attached hydrogens (tertiary/aromatic N) is 2. The number of hydrogen-bond acceptors (Lipinski definition) is 6. The largest absolute Gasteiger partial charge is 0.469 e. The zero-order chi connectivity index (χ0) is 13.0. The molecule has 4 nitrogen and oxygen atoms in total. The van der Waals surface area contributed by atoms with E-state index < -0.39 is 0 Å². The number of esters is 1. The molecule has 0 bridgehead atoms. The maximum absolute atomic E-state index is 11.3. The zero-order valence-corrected chi connectivity index (χ0v) is 12.4. The average molecular weight is 286 g/mol. The molecular formula is C12H18N2O2S2. The lowest BCUT2D eigenvalue weighted by atomic mass is 10.1. The smallest absolute Gasteiger partial charge is 0.306 e. The Kier molecular flexibility index (Phi) is 4.61. The minimum absolute atomic E-state index is 0.1000. The number of thioether (sulfide) groups is 1. The molecule has 1 fully saturated rings. The van der Waals surface area contributed by atoms with Crippen LogP contribution in [-0.2, 0) is 16.0 Å². The molecule has 0 radical (unpaired) electrons. The molecule has 0 amide bonds. The van der Waals surface area contributed by atoms with Crippen molar-refractivity contribution in [3.05, 3.63) is 5.82 Å². The van der Waals surface area contributed by atoms with Gasteiger partial charge >= 0.3 is 5.97 Å². The molecule has 0 aromatic carbocycles. The maximum atomic E-state index is 11.3. The second kappa shape index (κ2) is 6.02. The van der Waals surface area contributed by atoms with Crippen molar-refractivity contribution >= 4 is 29.3 Å². The molecule has 18 heavy (non-hydrogen) atoms. The van der Waals surface area contributed by atoms with E-state index in [0.717, 1.165) is 41.6 Å². The van der Waals surface area contributed by atoms with Crippen molar-refractivity contribution in [3.8, 4) is 0 Å². The van der Waals surface area contributed by atoms with Gasteiger partial charge in [-0.15, -0.1) is 0 Å². The fourth-order valence-corrected chi connectivity index (χ4v) is 3.72. The molecule has 1 aromatic heterocycles. The average Bonchev–Trinajstić information content (AvgIpc) is 2.97. The van der Waals surface area contributed by atoms with Crippen molar-refractivity contribution in [1.82, 2.24) is 9.36 Å². The zero-order valence-electron chi connectivity index (χ0n) is 10.8. The molecule has 0 atom stereocenters. The molecule has 1 aliphatic rings. The van der Waals surface area contributed by atoms with Crippen LogP contribution in [0.4, 0.5) is 0 Å². The number of carbonyl (C=O) groups excluding carboxylic acids is 1. The molecule has 1 heterocycles. The van der Waals surface area contributed by atoms with E-state index in [1.807, 2.05) is 0 Å². The van der Waals surface area contributed by atoms with E-state index >= 15 is 0 Å². The van der Waals surface area contributed by atoms with Gasteiger partial charge < -0.3 is 4.74 Å². The van der Waals surface area contributed by atoms with Crippen LogP contribution in [-0.4, -0.2) is 28.2 Å². The van der Waals surface area contributed by atoms with Gasteiger partial charge in [-0.2, -0.15) is 4.37 Å². The molecule has 0 unspecified atom stereocenters. The summed E-state index contributed by atoms with van der Waals surface area (Å²) >= 11 is 3.19. The van der Waals surface area contributed by atoms with E-state index in [4.69, 9.17) is 4.74 Å². The van der Waals surface area contributed by atoms with E-state index in [1.54, 1.807) is 11.8 Å². The van der Waals surface area contributed by atoms with Gasteiger partial charge in [-0.3, -0.25) is 4.79 Å². The molecule has 1 aliphatic carbocycles. The van der Waals surface area contributed by atoms with Crippen LogP contribution in [0.25, 0.3) is 0 Å². The van der Waals surface area contributed by atoms with Crippen LogP contribution in [0.3, 0.4) is 0 Å². The van der Waals surface area contributed by atoms with E-state index in [1.165, 1.54) is 18.6 Å².